The van der Waals surface area contributed by atoms with Crippen molar-refractivity contribution in [2.24, 2.45) is 12.5 Å². The number of hydrogen-bond acceptors (Lipinski definition) is 4. The lowest BCUT2D eigenvalue weighted by atomic mass is 9.63. The summed E-state index contributed by atoms with van der Waals surface area (Å²) in [5.41, 5.74) is 0.869. The van der Waals surface area contributed by atoms with Crippen LogP contribution in [0.3, 0.4) is 0 Å². The molecule has 124 valence electrons. The maximum atomic E-state index is 12.9. The Hall–Kier alpha value is -1.40. The van der Waals surface area contributed by atoms with Gasteiger partial charge in [-0.15, -0.1) is 0 Å². The quantitative estimate of drug-likeness (QED) is 0.861. The highest BCUT2D eigenvalue weighted by molar-refractivity contribution is 5.83. The van der Waals surface area contributed by atoms with Crippen LogP contribution in [0.25, 0.3) is 0 Å². The summed E-state index contributed by atoms with van der Waals surface area (Å²) in [6, 6.07) is -0.162. The number of ether oxygens (including phenoxy) is 1. The maximum absolute atomic E-state index is 12.9. The molecule has 1 aromatic heterocycles. The number of carbonyl (C=O) groups is 1. The molecular formula is C16H28N4O2. The van der Waals surface area contributed by atoms with Crippen molar-refractivity contribution in [2.75, 3.05) is 20.7 Å². The lowest BCUT2D eigenvalue weighted by molar-refractivity contribution is -0.164. The first-order valence-electron chi connectivity index (χ1n) is 7.87. The fourth-order valence-corrected chi connectivity index (χ4v) is 3.38. The number of aryl methyl sites for hydroxylation is 1. The highest BCUT2D eigenvalue weighted by atomic mass is 16.5. The van der Waals surface area contributed by atoms with Crippen LogP contribution in [0.5, 0.6) is 0 Å². The average molecular weight is 308 g/mol. The fourth-order valence-electron chi connectivity index (χ4n) is 3.38. The second kappa shape index (κ2) is 6.38. The van der Waals surface area contributed by atoms with E-state index in [1.165, 1.54) is 0 Å². The number of nitrogens with one attached hydrogen (secondary N) is 1. The SMILES string of the molecule is CCOC1CC(N(C)C(=O)C(NC)c2cnn(C)c2)C1(C)C. The van der Waals surface area contributed by atoms with E-state index in [-0.39, 0.29) is 29.5 Å². The second-order valence-electron chi connectivity index (χ2n) is 6.64. The first-order chi connectivity index (χ1) is 10.3. The highest BCUT2D eigenvalue weighted by Crippen LogP contribution is 2.45. The van der Waals surface area contributed by atoms with Crippen LogP contribution in [0, 0.1) is 5.41 Å². The minimum absolute atomic E-state index is 0.0202. The number of hydrogen-bond donors (Lipinski definition) is 1. The Kier molecular flexibility index (Phi) is 4.92. The van der Waals surface area contributed by atoms with Crippen LogP contribution >= 0.6 is 0 Å². The maximum Gasteiger partial charge on any atom is 0.244 e. The van der Waals surface area contributed by atoms with Crippen molar-refractivity contribution in [3.63, 3.8) is 0 Å². The molecule has 0 spiro atoms. The molecule has 0 aromatic carbocycles. The number of amides is 1. The molecule has 1 fully saturated rings. The van der Waals surface area contributed by atoms with Gasteiger partial charge in [-0.05, 0) is 20.4 Å². The van der Waals surface area contributed by atoms with Crippen LogP contribution in [0.2, 0.25) is 0 Å². The third-order valence-corrected chi connectivity index (χ3v) is 4.90. The molecule has 3 unspecified atom stereocenters. The minimum Gasteiger partial charge on any atom is -0.378 e. The van der Waals surface area contributed by atoms with E-state index in [0.29, 0.717) is 6.61 Å². The predicted octanol–water partition coefficient (Wildman–Crippen LogP) is 1.34. The normalized spacial score (nSPS) is 24.6. The summed E-state index contributed by atoms with van der Waals surface area (Å²) in [6.45, 7) is 7.07. The van der Waals surface area contributed by atoms with Crippen molar-refractivity contribution in [2.45, 2.75) is 45.4 Å². The van der Waals surface area contributed by atoms with Gasteiger partial charge in [0.2, 0.25) is 5.91 Å². The molecule has 22 heavy (non-hydrogen) atoms. The number of rotatable bonds is 6. The summed E-state index contributed by atoms with van der Waals surface area (Å²) in [4.78, 5) is 14.7. The van der Waals surface area contributed by atoms with E-state index in [1.807, 2.05) is 32.1 Å². The van der Waals surface area contributed by atoms with Gasteiger partial charge in [-0.25, -0.2) is 0 Å². The monoisotopic (exact) mass is 308 g/mol. The van der Waals surface area contributed by atoms with Crippen LogP contribution in [-0.2, 0) is 16.6 Å². The van der Waals surface area contributed by atoms with Crippen LogP contribution in [0.4, 0.5) is 0 Å². The summed E-state index contributed by atoms with van der Waals surface area (Å²) in [5.74, 6) is 0.0727. The topological polar surface area (TPSA) is 59.4 Å². The average Bonchev–Trinajstić information content (AvgIpc) is 2.89. The predicted molar refractivity (Wildman–Crippen MR) is 85.4 cm³/mol. The van der Waals surface area contributed by atoms with E-state index in [2.05, 4.69) is 24.3 Å². The third kappa shape index (κ3) is 2.90. The molecule has 0 bridgehead atoms. The smallest absolute Gasteiger partial charge is 0.244 e. The van der Waals surface area contributed by atoms with Crippen molar-refractivity contribution in [3.05, 3.63) is 18.0 Å². The number of nitrogens with zero attached hydrogens (tertiary/aromatic N) is 3. The van der Waals surface area contributed by atoms with E-state index in [1.54, 1.807) is 17.9 Å². The van der Waals surface area contributed by atoms with Crippen molar-refractivity contribution in [1.82, 2.24) is 20.0 Å². The molecule has 0 aliphatic heterocycles. The zero-order chi connectivity index (χ0) is 16.5. The second-order valence-corrected chi connectivity index (χ2v) is 6.64. The van der Waals surface area contributed by atoms with Gasteiger partial charge in [-0.3, -0.25) is 9.48 Å². The summed E-state index contributed by atoms with van der Waals surface area (Å²) in [7, 11) is 5.54. The van der Waals surface area contributed by atoms with E-state index in [4.69, 9.17) is 4.74 Å². The van der Waals surface area contributed by atoms with E-state index in [0.717, 1.165) is 12.0 Å². The molecule has 1 aliphatic rings. The Labute approximate surface area is 132 Å². The molecule has 1 saturated carbocycles. The largest absolute Gasteiger partial charge is 0.378 e. The Bertz CT molecular complexity index is 526. The van der Waals surface area contributed by atoms with Crippen LogP contribution in [-0.4, -0.2) is 53.4 Å². The van der Waals surface area contributed by atoms with Gasteiger partial charge in [0.1, 0.15) is 6.04 Å². The summed E-state index contributed by atoms with van der Waals surface area (Å²) in [6.07, 6.45) is 4.74. The first kappa shape index (κ1) is 17.0. The molecule has 1 N–H and O–H groups in total. The van der Waals surface area contributed by atoms with Crippen molar-refractivity contribution in [1.29, 1.82) is 0 Å². The van der Waals surface area contributed by atoms with Gasteiger partial charge in [0.15, 0.2) is 0 Å². The van der Waals surface area contributed by atoms with E-state index in [9.17, 15) is 4.79 Å². The minimum atomic E-state index is -0.361. The fraction of sp³-hybridized carbons (Fsp3) is 0.750. The molecule has 0 saturated heterocycles. The number of aromatic nitrogens is 2. The Morgan fingerprint density at radius 3 is 2.77 bits per heavy atom. The molecule has 1 aromatic rings. The third-order valence-electron chi connectivity index (χ3n) is 4.90. The van der Waals surface area contributed by atoms with Crippen LogP contribution in [0.1, 0.15) is 38.8 Å². The first-order valence-corrected chi connectivity index (χ1v) is 7.87. The highest BCUT2D eigenvalue weighted by Gasteiger charge is 2.52. The molecule has 6 nitrogen and oxygen atoms in total. The van der Waals surface area contributed by atoms with Crippen molar-refractivity contribution >= 4 is 5.91 Å². The standard InChI is InChI=1S/C16H28N4O2/c1-7-22-13-8-12(16(13,2)3)20(6)15(21)14(17-4)11-9-18-19(5)10-11/h9-10,12-14,17H,7-8H2,1-6H3. The molecule has 1 heterocycles. The van der Waals surface area contributed by atoms with Crippen LogP contribution < -0.4 is 5.32 Å². The molecule has 6 heteroatoms. The van der Waals surface area contributed by atoms with E-state index >= 15 is 0 Å². The zero-order valence-corrected chi connectivity index (χ0v) is 14.5. The van der Waals surface area contributed by atoms with Gasteiger partial charge >= 0.3 is 0 Å². The van der Waals surface area contributed by atoms with E-state index < -0.39 is 0 Å². The van der Waals surface area contributed by atoms with Gasteiger partial charge in [-0.1, -0.05) is 13.8 Å². The number of carbonyl (C=O) groups excluding carboxylic acids is 1. The Morgan fingerprint density at radius 1 is 1.64 bits per heavy atom. The van der Waals surface area contributed by atoms with Crippen molar-refractivity contribution in [3.8, 4) is 0 Å². The summed E-state index contributed by atoms with van der Waals surface area (Å²) >= 11 is 0. The Morgan fingerprint density at radius 2 is 2.32 bits per heavy atom. The zero-order valence-electron chi connectivity index (χ0n) is 14.5. The molecule has 0 radical (unpaired) electrons. The van der Waals surface area contributed by atoms with Gasteiger partial charge in [0.25, 0.3) is 0 Å². The van der Waals surface area contributed by atoms with Gasteiger partial charge in [0.05, 0.1) is 12.3 Å². The molecular weight excluding hydrogens is 280 g/mol. The lowest BCUT2D eigenvalue weighted by Gasteiger charge is -2.55. The summed E-state index contributed by atoms with van der Waals surface area (Å²) < 4.78 is 7.47. The molecule has 3 atom stereocenters. The van der Waals surface area contributed by atoms with Crippen molar-refractivity contribution < 1.29 is 9.53 Å². The van der Waals surface area contributed by atoms with Crippen LogP contribution in [0.15, 0.2) is 12.4 Å². The molecule has 1 amide bonds. The van der Waals surface area contributed by atoms with Gasteiger partial charge in [0, 0.05) is 43.9 Å². The number of likely N-dealkylation sites (N-methyl/N-ethyl adjacent to an activating group) is 2. The molecule has 1 aliphatic carbocycles. The summed E-state index contributed by atoms with van der Waals surface area (Å²) in [5, 5.41) is 7.26. The lowest BCUT2D eigenvalue weighted by Crippen LogP contribution is -2.63. The Balaban J connectivity index is 2.09. The van der Waals surface area contributed by atoms with Gasteiger partial charge < -0.3 is 15.0 Å². The van der Waals surface area contributed by atoms with Gasteiger partial charge in [-0.2, -0.15) is 5.10 Å². The molecule has 2 rings (SSSR count).